The number of nitrogens with zero attached hydrogens (tertiary/aromatic N) is 2. The molecule has 1 amide bonds. The Hall–Kier alpha value is -3.94. The summed E-state index contributed by atoms with van der Waals surface area (Å²) in [5.74, 6) is -3.37. The van der Waals surface area contributed by atoms with Gasteiger partial charge in [0, 0.05) is 38.3 Å². The summed E-state index contributed by atoms with van der Waals surface area (Å²) in [7, 11) is 1.81. The van der Waals surface area contributed by atoms with Crippen LogP contribution < -0.4 is 0 Å². The van der Waals surface area contributed by atoms with Crippen LogP contribution >= 0.6 is 0 Å². The van der Waals surface area contributed by atoms with Crippen LogP contribution in [0.4, 0.5) is 0 Å². The number of hydrogen-bond donors (Lipinski definition) is 3. The van der Waals surface area contributed by atoms with Crippen molar-refractivity contribution in [2.45, 2.75) is 168 Å². The first-order chi connectivity index (χ1) is 28.5. The summed E-state index contributed by atoms with van der Waals surface area (Å²) < 4.78 is 5.48. The molecule has 13 nitrogen and oxygen atoms in total. The summed E-state index contributed by atoms with van der Waals surface area (Å²) in [6.45, 7) is 8.96. The third kappa shape index (κ3) is 20.5. The third-order valence-electron chi connectivity index (χ3n) is 11.9. The van der Waals surface area contributed by atoms with Crippen molar-refractivity contribution in [2.24, 2.45) is 28.8 Å². The van der Waals surface area contributed by atoms with Crippen molar-refractivity contribution in [1.29, 1.82) is 0 Å². The highest BCUT2D eigenvalue weighted by Crippen LogP contribution is 2.32. The molecule has 1 saturated carbocycles. The molecule has 0 aromatic rings. The molecule has 13 heteroatoms. The second kappa shape index (κ2) is 30.1. The fourth-order valence-electron chi connectivity index (χ4n) is 7.70. The number of piperidine rings is 1. The second-order valence-corrected chi connectivity index (χ2v) is 17.0. The molecule has 0 radical (unpaired) electrons. The SMILES string of the molecule is COC1CCC[C@@H](C[C@@H](C)CCC(=O)C/C=C(\C)C=O)C1.C\C(=C/C=C/C=C/CC[C@@H](C)C(=O)CO)CCCCC[C@@H](C)C(O)(N=O)C(=O)C(=O)N1CCCCC1C(=O)O. The molecule has 1 saturated heterocycles. The zero-order chi connectivity index (χ0) is 45.1. The summed E-state index contributed by atoms with van der Waals surface area (Å²) >= 11 is 0. The van der Waals surface area contributed by atoms with Gasteiger partial charge in [0.1, 0.15) is 24.7 Å². The smallest absolute Gasteiger partial charge is 0.326 e. The molecule has 2 aliphatic rings. The molecule has 0 bridgehead atoms. The molecule has 0 spiro atoms. The van der Waals surface area contributed by atoms with Gasteiger partial charge in [-0.05, 0) is 113 Å². The lowest BCUT2D eigenvalue weighted by atomic mass is 9.80. The Morgan fingerprint density at radius 1 is 0.917 bits per heavy atom. The number of unbranched alkanes of at least 4 members (excludes halogenated alkanes) is 2. The fraction of sp³-hybridized carbons (Fsp3) is 0.702. The first-order valence-corrected chi connectivity index (χ1v) is 22.0. The highest BCUT2D eigenvalue weighted by molar-refractivity contribution is 6.39. The Morgan fingerprint density at radius 3 is 2.30 bits per heavy atom. The molecule has 1 heterocycles. The van der Waals surface area contributed by atoms with Gasteiger partial charge in [-0.3, -0.25) is 24.0 Å². The molecule has 60 heavy (non-hydrogen) atoms. The number of aliphatic hydroxyl groups excluding tert-OH is 1. The van der Waals surface area contributed by atoms with Crippen LogP contribution in [-0.4, -0.2) is 93.9 Å². The molecule has 1 aliphatic heterocycles. The summed E-state index contributed by atoms with van der Waals surface area (Å²) in [5.41, 5.74) is -0.904. The predicted molar refractivity (Wildman–Crippen MR) is 233 cm³/mol. The van der Waals surface area contributed by atoms with Crippen molar-refractivity contribution in [3.63, 3.8) is 0 Å². The van der Waals surface area contributed by atoms with Gasteiger partial charge in [0.05, 0.1) is 6.10 Å². The zero-order valence-corrected chi connectivity index (χ0v) is 37.1. The van der Waals surface area contributed by atoms with Crippen LogP contribution in [0.3, 0.4) is 0 Å². The van der Waals surface area contributed by atoms with Crippen molar-refractivity contribution < 1.29 is 48.8 Å². The number of Topliss-reactive ketones (excluding diaryl/α,β-unsaturated/α-hetero) is 3. The zero-order valence-electron chi connectivity index (χ0n) is 37.1. The molecule has 7 atom stereocenters. The largest absolute Gasteiger partial charge is 0.480 e. The average Bonchev–Trinajstić information content (AvgIpc) is 3.25. The number of amides is 1. The lowest BCUT2D eigenvalue weighted by molar-refractivity contribution is -0.163. The standard InChI is InChI=1S/C29H44N2O8.C18H30O3/c1-21(14-8-5-4-6-10-16-22(2)25(33)20-32)15-9-7-11-17-23(3)29(38,30-39)26(34)27(35)31-19-13-12-18-24(31)28(36)37;1-14(7-9-17(20)10-8-15(2)13-19)11-16-5-4-6-18(12-16)21-3/h4-6,8,14,22-24,32,38H,7,9-13,15-20H2,1-3H3,(H,36,37);8,13-14,16,18H,4-7,9-12H2,1-3H3/b6-4+,8-5+,21-14+;15-8+/t22-,23-,24?,29?;14-,16-,18?/m10/s1. The van der Waals surface area contributed by atoms with Crippen LogP contribution in [0.25, 0.3) is 0 Å². The van der Waals surface area contributed by atoms with Gasteiger partial charge in [-0.25, -0.2) is 4.79 Å². The van der Waals surface area contributed by atoms with Gasteiger partial charge in [-0.2, -0.15) is 0 Å². The molecule has 0 aromatic heterocycles. The molecule has 2 fully saturated rings. The molecule has 3 N–H and O–H groups in total. The lowest BCUT2D eigenvalue weighted by Gasteiger charge is -2.34. The van der Waals surface area contributed by atoms with Crippen LogP contribution in [0.1, 0.15) is 150 Å². The number of allylic oxidation sites excluding steroid dienone is 8. The minimum atomic E-state index is -2.72. The van der Waals surface area contributed by atoms with E-state index in [0.717, 1.165) is 49.2 Å². The molecule has 0 aromatic carbocycles. The number of aldehydes is 1. The van der Waals surface area contributed by atoms with Crippen molar-refractivity contribution in [3.8, 4) is 0 Å². The Bertz CT molecular complexity index is 1500. The predicted octanol–water partition coefficient (Wildman–Crippen LogP) is 8.20. The van der Waals surface area contributed by atoms with Gasteiger partial charge in [-0.15, -0.1) is 4.91 Å². The molecule has 1 aliphatic carbocycles. The number of aliphatic carboxylic acids is 1. The van der Waals surface area contributed by atoms with Gasteiger partial charge < -0.3 is 25.0 Å². The monoisotopic (exact) mass is 843 g/mol. The van der Waals surface area contributed by atoms with Crippen molar-refractivity contribution in [2.75, 3.05) is 20.3 Å². The average molecular weight is 843 g/mol. The van der Waals surface area contributed by atoms with Crippen molar-refractivity contribution in [1.82, 2.24) is 4.90 Å². The molecule has 2 rings (SSSR count). The number of methoxy groups -OCH3 is 1. The van der Waals surface area contributed by atoms with Gasteiger partial charge in [-0.1, -0.05) is 88.5 Å². The van der Waals surface area contributed by atoms with Crippen LogP contribution in [0.5, 0.6) is 0 Å². The highest BCUT2D eigenvalue weighted by atomic mass is 16.5. The van der Waals surface area contributed by atoms with E-state index < -0.39 is 42.0 Å². The number of carbonyl (C=O) groups is 6. The van der Waals surface area contributed by atoms with Crippen LogP contribution in [0, 0.1) is 28.6 Å². The molecule has 338 valence electrons. The fourth-order valence-corrected chi connectivity index (χ4v) is 7.70. The van der Waals surface area contributed by atoms with Gasteiger partial charge in [0.2, 0.25) is 0 Å². The second-order valence-electron chi connectivity index (χ2n) is 17.0. The van der Waals surface area contributed by atoms with Crippen LogP contribution in [0.2, 0.25) is 0 Å². The number of nitroso groups, excluding NO2 is 1. The Balaban J connectivity index is 0.000000719. The van der Waals surface area contributed by atoms with Crippen LogP contribution in [0.15, 0.2) is 52.8 Å². The lowest BCUT2D eigenvalue weighted by Crippen LogP contribution is -2.56. The molecular formula is C47H74N2O11. The maximum absolute atomic E-state index is 12.8. The van der Waals surface area contributed by atoms with E-state index >= 15 is 0 Å². The number of ketones is 3. The van der Waals surface area contributed by atoms with E-state index in [4.69, 9.17) is 9.84 Å². The third-order valence-corrected chi connectivity index (χ3v) is 11.9. The first kappa shape index (κ1) is 54.1. The maximum atomic E-state index is 12.8. The minimum absolute atomic E-state index is 0.0794. The Kier molecular flexibility index (Phi) is 27.2. The number of carboxylic acids is 1. The van der Waals surface area contributed by atoms with Gasteiger partial charge >= 0.3 is 5.97 Å². The van der Waals surface area contributed by atoms with E-state index in [1.54, 1.807) is 13.0 Å². The first-order valence-electron chi connectivity index (χ1n) is 22.0. The number of likely N-dealkylation sites (tertiary alicyclic amines) is 1. The Labute approximate surface area is 358 Å². The number of hydrogen-bond acceptors (Lipinski definition) is 11. The highest BCUT2D eigenvalue weighted by Gasteiger charge is 2.49. The number of aliphatic hydroxyl groups is 2. The quantitative estimate of drug-likeness (QED) is 0.0179. The van der Waals surface area contributed by atoms with E-state index in [0.29, 0.717) is 62.5 Å². The summed E-state index contributed by atoms with van der Waals surface area (Å²) in [6, 6.07) is -1.15. The van der Waals surface area contributed by atoms with E-state index in [1.807, 2.05) is 51.3 Å². The van der Waals surface area contributed by atoms with Gasteiger partial charge in [0.25, 0.3) is 17.4 Å². The van der Waals surface area contributed by atoms with Crippen LogP contribution in [-0.2, 0) is 33.5 Å². The maximum Gasteiger partial charge on any atom is 0.326 e. The molecular weight excluding hydrogens is 769 g/mol. The van der Waals surface area contributed by atoms with Gasteiger partial charge in [0.15, 0.2) is 5.78 Å². The Morgan fingerprint density at radius 2 is 1.65 bits per heavy atom. The van der Waals surface area contributed by atoms with E-state index in [1.165, 1.54) is 44.6 Å². The van der Waals surface area contributed by atoms with Crippen molar-refractivity contribution >= 4 is 35.5 Å². The molecule has 3 unspecified atom stereocenters. The summed E-state index contributed by atoms with van der Waals surface area (Å²) in [5, 5.41) is 31.5. The number of ether oxygens (including phenoxy) is 1. The number of carbonyl (C=O) groups excluding carboxylic acids is 5. The van der Waals surface area contributed by atoms with E-state index in [9.17, 15) is 43.9 Å². The van der Waals surface area contributed by atoms with E-state index in [-0.39, 0.29) is 30.4 Å². The number of rotatable bonds is 27. The van der Waals surface area contributed by atoms with E-state index in [2.05, 4.69) is 12.1 Å². The minimum Gasteiger partial charge on any atom is -0.480 e. The topological polar surface area (TPSA) is 205 Å². The summed E-state index contributed by atoms with van der Waals surface area (Å²) in [6.07, 6.45) is 27.1. The number of carboxylic acid groups (broad SMARTS) is 1. The normalized spacial score (nSPS) is 21.3. The van der Waals surface area contributed by atoms with Crippen molar-refractivity contribution in [3.05, 3.63) is 52.5 Å². The summed E-state index contributed by atoms with van der Waals surface area (Å²) in [4.78, 5) is 83.0.